The van der Waals surface area contributed by atoms with Crippen molar-refractivity contribution in [3.05, 3.63) is 118 Å². The van der Waals surface area contributed by atoms with Gasteiger partial charge in [-0.1, -0.05) is 24.3 Å². The number of quaternary nitrogens is 1. The number of rotatable bonds is 9. The van der Waals surface area contributed by atoms with Gasteiger partial charge in [-0.2, -0.15) is 23.5 Å². The van der Waals surface area contributed by atoms with Crippen LogP contribution in [0.25, 0.3) is 22.8 Å². The van der Waals surface area contributed by atoms with Crippen LogP contribution in [-0.4, -0.2) is 88.6 Å². The number of carbonyl (C=O) groups is 2. The fourth-order valence-corrected chi connectivity index (χ4v) is 6.51. The smallest absolute Gasteiger partial charge is 0.416 e. The average Bonchev–Trinajstić information content (AvgIpc) is 3.70. The molecule has 2 aromatic heterocycles. The van der Waals surface area contributed by atoms with Crippen molar-refractivity contribution in [2.45, 2.75) is 36.9 Å². The van der Waals surface area contributed by atoms with E-state index in [-0.39, 0.29) is 39.8 Å². The van der Waals surface area contributed by atoms with Gasteiger partial charge in [-0.15, -0.1) is 0 Å². The molecule has 1 aliphatic rings. The van der Waals surface area contributed by atoms with E-state index in [0.717, 1.165) is 27.8 Å². The molecule has 0 atom stereocenters. The molecule has 1 saturated carbocycles. The highest BCUT2D eigenvalue weighted by molar-refractivity contribution is 7.85. The molecule has 56 heavy (non-hydrogen) atoms. The molecule has 0 unspecified atom stereocenters. The van der Waals surface area contributed by atoms with E-state index >= 15 is 0 Å². The summed E-state index contributed by atoms with van der Waals surface area (Å²) in [5, 5.41) is 19.3. The van der Waals surface area contributed by atoms with Crippen molar-refractivity contribution in [3.63, 3.8) is 0 Å². The number of likely N-dealkylation sites (N-methyl/N-ethyl adjacent to an activating group) is 1. The monoisotopic (exact) mass is 792 g/mol. The van der Waals surface area contributed by atoms with Gasteiger partial charge < -0.3 is 19.7 Å². The zero-order chi connectivity index (χ0) is 41.0. The molecule has 3 aromatic carbocycles. The van der Waals surface area contributed by atoms with Gasteiger partial charge in [-0.05, 0) is 80.4 Å². The summed E-state index contributed by atoms with van der Waals surface area (Å²) in [6.45, 7) is 2.81. The predicted molar refractivity (Wildman–Crippen MR) is 198 cm³/mol. The van der Waals surface area contributed by atoms with Crippen molar-refractivity contribution in [1.82, 2.24) is 29.5 Å². The van der Waals surface area contributed by atoms with Crippen LogP contribution in [0.3, 0.4) is 0 Å². The normalized spacial score (nSPS) is 15.5. The molecule has 2 amide bonds. The molecule has 294 valence electrons. The highest BCUT2D eigenvalue weighted by atomic mass is 32.2. The Morgan fingerprint density at radius 1 is 0.982 bits per heavy atom. The lowest BCUT2D eigenvalue weighted by Gasteiger charge is -2.35. The first-order valence-electron chi connectivity index (χ1n) is 17.3. The maximum atomic E-state index is 14.0. The van der Waals surface area contributed by atoms with Crippen LogP contribution in [0.1, 0.15) is 29.7 Å². The number of benzene rings is 3. The van der Waals surface area contributed by atoms with Gasteiger partial charge in [0.05, 0.1) is 85.3 Å². The first-order chi connectivity index (χ1) is 26.3. The van der Waals surface area contributed by atoms with E-state index in [4.69, 9.17) is 0 Å². The summed E-state index contributed by atoms with van der Waals surface area (Å²) in [6.07, 6.45) is -2.43. The summed E-state index contributed by atoms with van der Waals surface area (Å²) in [4.78, 5) is 40.1. The summed E-state index contributed by atoms with van der Waals surface area (Å²) < 4.78 is 75.7. The number of carbonyl (C=O) groups excluding carboxylic acids is 2. The van der Waals surface area contributed by atoms with Crippen LogP contribution < -0.4 is 16.3 Å². The minimum absolute atomic E-state index is 0.0659. The summed E-state index contributed by atoms with van der Waals surface area (Å²) in [5.41, 5.74) is -0.284. The Labute approximate surface area is 320 Å². The summed E-state index contributed by atoms with van der Waals surface area (Å²) in [5.74, 6) is -0.391. The van der Waals surface area contributed by atoms with Crippen LogP contribution in [0.15, 0.2) is 101 Å². The number of alkyl halides is 3. The maximum absolute atomic E-state index is 14.0. The second kappa shape index (κ2) is 16.4. The number of nitrogens with zero attached hydrogens (tertiary/aromatic N) is 6. The largest absolute Gasteiger partial charge is 0.744 e. The molecule has 0 aliphatic heterocycles. The quantitative estimate of drug-likeness (QED) is 0.162. The third-order valence-electron chi connectivity index (χ3n) is 9.00. The van der Waals surface area contributed by atoms with Gasteiger partial charge in [0.15, 0.2) is 0 Å². The zero-order valence-electron chi connectivity index (χ0n) is 30.8. The fourth-order valence-electron chi connectivity index (χ4n) is 6.02. The SMILES string of the molecule is Cc1c(-c2ccnn2-c2ccc(C#N)cc2)n(C(=O)N[C@H]2C[C@H](C(=O)NCC[N+](C)(C)C)C2)c(=O)n1-c1cccc(C(F)(F)F)c1.O=S(=O)([O-])c1ccccc1. The molecule has 2 N–H and O–H groups in total. The number of nitriles is 1. The Kier molecular flexibility index (Phi) is 12.0. The number of aromatic nitrogens is 4. The highest BCUT2D eigenvalue weighted by Crippen LogP contribution is 2.33. The van der Waals surface area contributed by atoms with Gasteiger partial charge >= 0.3 is 17.9 Å². The van der Waals surface area contributed by atoms with Crippen LogP contribution in [0, 0.1) is 24.2 Å². The fraction of sp³-hybridized carbons (Fsp3) is 0.289. The summed E-state index contributed by atoms with van der Waals surface area (Å²) in [7, 11) is 1.82. The molecule has 18 heteroatoms. The molecule has 0 radical (unpaired) electrons. The third kappa shape index (κ3) is 9.60. The van der Waals surface area contributed by atoms with E-state index < -0.39 is 33.6 Å². The second-order valence-corrected chi connectivity index (χ2v) is 15.5. The van der Waals surface area contributed by atoms with Crippen LogP contribution in [0.5, 0.6) is 0 Å². The molecule has 1 fully saturated rings. The first-order valence-corrected chi connectivity index (χ1v) is 18.7. The first kappa shape index (κ1) is 41.1. The molecular weight excluding hydrogens is 754 g/mol. The number of hydrogen-bond donors (Lipinski definition) is 2. The highest BCUT2D eigenvalue weighted by Gasteiger charge is 2.37. The minimum atomic E-state index is -4.65. The van der Waals surface area contributed by atoms with Gasteiger partial charge in [-0.25, -0.2) is 27.3 Å². The Hall–Kier alpha value is -6.03. The summed E-state index contributed by atoms with van der Waals surface area (Å²) >= 11 is 0. The van der Waals surface area contributed by atoms with Crippen LogP contribution in [0.4, 0.5) is 18.0 Å². The lowest BCUT2D eigenvalue weighted by atomic mass is 9.79. The topological polar surface area (TPSA) is 184 Å². The van der Waals surface area contributed by atoms with E-state index in [1.807, 2.05) is 27.2 Å². The van der Waals surface area contributed by atoms with Gasteiger partial charge in [-0.3, -0.25) is 9.36 Å². The molecule has 1 aliphatic carbocycles. The average molecular weight is 793 g/mol. The Balaban J connectivity index is 0.000000522. The van der Waals surface area contributed by atoms with Crippen molar-refractivity contribution in [3.8, 4) is 28.8 Å². The number of halogens is 3. The molecule has 2 heterocycles. The molecule has 6 rings (SSSR count). The van der Waals surface area contributed by atoms with Gasteiger partial charge in [0.2, 0.25) is 5.91 Å². The third-order valence-corrected chi connectivity index (χ3v) is 9.85. The van der Waals surface area contributed by atoms with Crippen molar-refractivity contribution < 1.29 is 40.2 Å². The zero-order valence-corrected chi connectivity index (χ0v) is 31.6. The van der Waals surface area contributed by atoms with Crippen molar-refractivity contribution in [2.75, 3.05) is 34.2 Å². The Morgan fingerprint density at radius 2 is 1.64 bits per heavy atom. The molecule has 0 bridgehead atoms. The van der Waals surface area contributed by atoms with Crippen LogP contribution >= 0.6 is 0 Å². The number of hydrogen-bond acceptors (Lipinski definition) is 8. The Bertz CT molecular complexity index is 2420. The number of nitrogens with one attached hydrogen (secondary N) is 2. The number of amides is 2. The van der Waals surface area contributed by atoms with Crippen molar-refractivity contribution >= 4 is 22.1 Å². The summed E-state index contributed by atoms with van der Waals surface area (Å²) in [6, 6.07) is 20.4. The van der Waals surface area contributed by atoms with E-state index in [2.05, 4.69) is 15.7 Å². The van der Waals surface area contributed by atoms with E-state index in [9.17, 15) is 45.8 Å². The van der Waals surface area contributed by atoms with Crippen LogP contribution in [-0.2, 0) is 21.1 Å². The van der Waals surface area contributed by atoms with Crippen LogP contribution in [0.2, 0.25) is 0 Å². The molecular formula is C38H39F3N8O6S. The molecule has 0 saturated heterocycles. The predicted octanol–water partition coefficient (Wildman–Crippen LogP) is 4.44. The lowest BCUT2D eigenvalue weighted by molar-refractivity contribution is -0.869. The van der Waals surface area contributed by atoms with Gasteiger partial charge in [0.1, 0.15) is 15.8 Å². The molecule has 14 nitrogen and oxygen atoms in total. The van der Waals surface area contributed by atoms with Gasteiger partial charge in [0.25, 0.3) is 0 Å². The number of imidazole rings is 1. The minimum Gasteiger partial charge on any atom is -0.744 e. The second-order valence-electron chi connectivity index (χ2n) is 14.1. The van der Waals surface area contributed by atoms with Gasteiger partial charge in [0, 0.05) is 12.0 Å². The molecule has 5 aromatic rings. The van der Waals surface area contributed by atoms with E-state index in [0.29, 0.717) is 40.8 Å². The molecule has 0 spiro atoms. The maximum Gasteiger partial charge on any atom is 0.416 e. The van der Waals surface area contributed by atoms with Crippen molar-refractivity contribution in [1.29, 1.82) is 5.26 Å². The Morgan fingerprint density at radius 3 is 2.21 bits per heavy atom. The van der Waals surface area contributed by atoms with E-state index in [1.54, 1.807) is 36.4 Å². The standard InChI is InChI=1S/C32H33F3N8O3.C6H6O3S/c1-20-28(27-12-13-38-42(27)25-10-8-21(19-36)9-11-25)41(31(46)40(20)26-7-5-6-23(18-26)32(33,34)35)30(45)39-24-16-22(17-24)29(44)37-14-15-43(2,3)4;7-10(8,9)6-4-2-1-3-5-6/h5-13,18,22,24H,14-17H2,1-4H3,(H-,37,39,44,45);1-5H,(H,7,8,9)/t22-,24-;. The van der Waals surface area contributed by atoms with Crippen molar-refractivity contribution in [2.24, 2.45) is 5.92 Å². The van der Waals surface area contributed by atoms with E-state index in [1.165, 1.54) is 54.2 Å². The lowest BCUT2D eigenvalue weighted by Crippen LogP contribution is -2.52.